The van der Waals surface area contributed by atoms with Gasteiger partial charge in [0.15, 0.2) is 0 Å². The predicted octanol–water partition coefficient (Wildman–Crippen LogP) is 1.37. The van der Waals surface area contributed by atoms with Crippen LogP contribution in [0.15, 0.2) is 32.2 Å². The molecule has 3 aromatic rings. The van der Waals surface area contributed by atoms with Crippen LogP contribution in [-0.2, 0) is 13.6 Å². The van der Waals surface area contributed by atoms with Crippen molar-refractivity contribution in [2.24, 2.45) is 7.05 Å². The largest absolute Gasteiger partial charge is 0.423 e. The molecular weight excluding hydrogens is 278 g/mol. The van der Waals surface area contributed by atoms with E-state index < -0.39 is 16.2 Å². The van der Waals surface area contributed by atoms with Crippen molar-refractivity contribution in [2.45, 2.75) is 13.5 Å². The van der Waals surface area contributed by atoms with Crippen molar-refractivity contribution in [2.75, 3.05) is 0 Å². The molecule has 0 aliphatic heterocycles. The Morgan fingerprint density at radius 2 is 2.05 bits per heavy atom. The van der Waals surface area contributed by atoms with Crippen LogP contribution in [0.1, 0.15) is 6.92 Å². The summed E-state index contributed by atoms with van der Waals surface area (Å²) in [6, 6.07) is 4.23. The standard InChI is InChI=1S/C13H11N3O5/c1-3-15-9-5-4-7(16(19)20)6-8(9)10-11(17)14(2)13(18)21-12(10)15/h4-6H,3H2,1-2H3. The molecule has 0 aliphatic carbocycles. The number of benzene rings is 1. The number of non-ortho nitro benzene ring substituents is 1. The second-order valence-corrected chi connectivity index (χ2v) is 4.62. The molecule has 0 saturated carbocycles. The lowest BCUT2D eigenvalue weighted by Gasteiger charge is -2.01. The quantitative estimate of drug-likeness (QED) is 0.524. The topological polar surface area (TPSA) is 100 Å². The zero-order valence-corrected chi connectivity index (χ0v) is 11.3. The van der Waals surface area contributed by atoms with Crippen molar-refractivity contribution in [3.05, 3.63) is 49.2 Å². The SMILES string of the molecule is CCn1c2ccc([N+](=O)[O-])cc2c2c(=O)n(C)c(=O)oc21. The van der Waals surface area contributed by atoms with Gasteiger partial charge in [-0.15, -0.1) is 0 Å². The van der Waals surface area contributed by atoms with E-state index in [0.717, 1.165) is 4.57 Å². The molecule has 0 amide bonds. The number of nitro benzene ring substituents is 1. The molecule has 108 valence electrons. The summed E-state index contributed by atoms with van der Waals surface area (Å²) in [6.07, 6.45) is 0. The van der Waals surface area contributed by atoms with Crippen molar-refractivity contribution in [3.63, 3.8) is 0 Å². The molecule has 3 rings (SSSR count). The summed E-state index contributed by atoms with van der Waals surface area (Å²) in [5.41, 5.74) is 0.107. The molecule has 0 aliphatic rings. The molecule has 2 heterocycles. The summed E-state index contributed by atoms with van der Waals surface area (Å²) in [6.45, 7) is 2.30. The number of nitro groups is 1. The highest BCUT2D eigenvalue weighted by Gasteiger charge is 2.19. The summed E-state index contributed by atoms with van der Waals surface area (Å²) < 4.78 is 7.68. The Hall–Kier alpha value is -2.90. The van der Waals surface area contributed by atoms with Crippen LogP contribution in [0.2, 0.25) is 0 Å². The third kappa shape index (κ3) is 1.69. The predicted molar refractivity (Wildman–Crippen MR) is 75.5 cm³/mol. The number of hydrogen-bond donors (Lipinski definition) is 0. The minimum absolute atomic E-state index is 0.120. The van der Waals surface area contributed by atoms with Crippen LogP contribution in [0.5, 0.6) is 0 Å². The van der Waals surface area contributed by atoms with Gasteiger partial charge in [0.05, 0.1) is 10.4 Å². The first kappa shape index (κ1) is 13.1. The first-order valence-electron chi connectivity index (χ1n) is 6.26. The average molecular weight is 289 g/mol. The van der Waals surface area contributed by atoms with Crippen LogP contribution in [-0.4, -0.2) is 14.1 Å². The van der Waals surface area contributed by atoms with Gasteiger partial charge in [0.1, 0.15) is 5.39 Å². The lowest BCUT2D eigenvalue weighted by atomic mass is 10.2. The number of aromatic nitrogens is 2. The maximum absolute atomic E-state index is 12.3. The molecule has 0 atom stereocenters. The normalized spacial score (nSPS) is 11.3. The summed E-state index contributed by atoms with van der Waals surface area (Å²) >= 11 is 0. The van der Waals surface area contributed by atoms with Gasteiger partial charge in [-0.25, -0.2) is 9.36 Å². The Balaban J connectivity index is 2.64. The van der Waals surface area contributed by atoms with Crippen LogP contribution in [0, 0.1) is 10.1 Å². The number of rotatable bonds is 2. The van der Waals surface area contributed by atoms with Crippen LogP contribution >= 0.6 is 0 Å². The average Bonchev–Trinajstić information content (AvgIpc) is 2.77. The van der Waals surface area contributed by atoms with Gasteiger partial charge < -0.3 is 8.98 Å². The first-order chi connectivity index (χ1) is 9.95. The minimum Gasteiger partial charge on any atom is -0.392 e. The molecule has 0 N–H and O–H groups in total. The van der Waals surface area contributed by atoms with E-state index in [-0.39, 0.29) is 16.8 Å². The van der Waals surface area contributed by atoms with Crippen LogP contribution in [0.25, 0.3) is 22.0 Å². The van der Waals surface area contributed by atoms with Crippen LogP contribution in [0.4, 0.5) is 5.69 Å². The maximum Gasteiger partial charge on any atom is 0.423 e. The van der Waals surface area contributed by atoms with Gasteiger partial charge >= 0.3 is 5.76 Å². The fourth-order valence-electron chi connectivity index (χ4n) is 2.46. The summed E-state index contributed by atoms with van der Waals surface area (Å²) in [5, 5.41) is 11.5. The van der Waals surface area contributed by atoms with Crippen molar-refractivity contribution in [3.8, 4) is 0 Å². The second-order valence-electron chi connectivity index (χ2n) is 4.62. The van der Waals surface area contributed by atoms with Crippen molar-refractivity contribution >= 4 is 27.7 Å². The molecule has 0 spiro atoms. The highest BCUT2D eigenvalue weighted by atomic mass is 16.6. The Morgan fingerprint density at radius 3 is 2.67 bits per heavy atom. The molecule has 1 aromatic carbocycles. The number of hydrogen-bond acceptors (Lipinski definition) is 5. The maximum atomic E-state index is 12.3. The Bertz CT molecular complexity index is 1010. The fraction of sp³-hybridized carbons (Fsp3) is 0.231. The highest BCUT2D eigenvalue weighted by Crippen LogP contribution is 2.29. The zero-order chi connectivity index (χ0) is 15.3. The molecular formula is C13H11N3O5. The number of aryl methyl sites for hydroxylation is 1. The van der Waals surface area contributed by atoms with E-state index >= 15 is 0 Å². The van der Waals surface area contributed by atoms with Crippen LogP contribution < -0.4 is 11.3 Å². The third-order valence-corrected chi connectivity index (χ3v) is 3.50. The van der Waals surface area contributed by atoms with E-state index in [1.165, 1.54) is 19.2 Å². The van der Waals surface area contributed by atoms with Gasteiger partial charge in [-0.05, 0) is 13.0 Å². The van der Waals surface area contributed by atoms with E-state index in [0.29, 0.717) is 17.4 Å². The fourth-order valence-corrected chi connectivity index (χ4v) is 2.46. The summed E-state index contributed by atoms with van der Waals surface area (Å²) in [5.74, 6) is -0.764. The Morgan fingerprint density at radius 1 is 1.33 bits per heavy atom. The van der Waals surface area contributed by atoms with E-state index in [2.05, 4.69) is 0 Å². The molecule has 0 bridgehead atoms. The molecule has 0 saturated heterocycles. The van der Waals surface area contributed by atoms with E-state index in [4.69, 9.17) is 4.42 Å². The van der Waals surface area contributed by atoms with Crippen molar-refractivity contribution in [1.82, 2.24) is 9.13 Å². The number of fused-ring (bicyclic) bond motifs is 3. The summed E-state index contributed by atoms with van der Waals surface area (Å²) in [7, 11) is 1.31. The third-order valence-electron chi connectivity index (χ3n) is 3.50. The lowest BCUT2D eigenvalue weighted by molar-refractivity contribution is -0.384. The van der Waals surface area contributed by atoms with E-state index in [1.807, 2.05) is 6.92 Å². The minimum atomic E-state index is -0.764. The molecule has 0 fully saturated rings. The van der Waals surface area contributed by atoms with Gasteiger partial charge in [-0.3, -0.25) is 14.9 Å². The van der Waals surface area contributed by atoms with E-state index in [9.17, 15) is 19.7 Å². The van der Waals surface area contributed by atoms with Gasteiger partial charge in [0, 0.05) is 31.1 Å². The monoisotopic (exact) mass is 289 g/mol. The molecule has 21 heavy (non-hydrogen) atoms. The molecule has 2 aromatic heterocycles. The molecule has 0 radical (unpaired) electrons. The van der Waals surface area contributed by atoms with Gasteiger partial charge in [-0.1, -0.05) is 0 Å². The van der Waals surface area contributed by atoms with Gasteiger partial charge in [-0.2, -0.15) is 0 Å². The molecule has 8 heteroatoms. The lowest BCUT2D eigenvalue weighted by Crippen LogP contribution is -2.29. The van der Waals surface area contributed by atoms with Crippen molar-refractivity contribution in [1.29, 1.82) is 0 Å². The van der Waals surface area contributed by atoms with Crippen LogP contribution in [0.3, 0.4) is 0 Å². The number of nitrogens with zero attached hydrogens (tertiary/aromatic N) is 3. The first-order valence-corrected chi connectivity index (χ1v) is 6.26. The highest BCUT2D eigenvalue weighted by molar-refractivity contribution is 6.06. The Labute approximate surface area is 117 Å². The summed E-state index contributed by atoms with van der Waals surface area (Å²) in [4.78, 5) is 34.3. The van der Waals surface area contributed by atoms with Gasteiger partial charge in [0.25, 0.3) is 11.2 Å². The second kappa shape index (κ2) is 4.30. The molecule has 0 unspecified atom stereocenters. The Kier molecular flexibility index (Phi) is 2.68. The smallest absolute Gasteiger partial charge is 0.392 e. The van der Waals surface area contributed by atoms with Gasteiger partial charge in [0.2, 0.25) is 5.71 Å². The molecule has 8 nitrogen and oxygen atoms in total. The van der Waals surface area contributed by atoms with E-state index in [1.54, 1.807) is 10.6 Å². The van der Waals surface area contributed by atoms with Crippen molar-refractivity contribution < 1.29 is 9.34 Å². The zero-order valence-electron chi connectivity index (χ0n) is 11.3.